The van der Waals surface area contributed by atoms with Gasteiger partial charge in [0.05, 0.1) is 16.9 Å². The Morgan fingerprint density at radius 1 is 1.30 bits per heavy atom. The van der Waals surface area contributed by atoms with Crippen LogP contribution in [-0.4, -0.2) is 59.0 Å². The molecule has 0 atom stereocenters. The molecule has 1 aliphatic rings. The van der Waals surface area contributed by atoms with Gasteiger partial charge in [-0.1, -0.05) is 23.7 Å². The lowest BCUT2D eigenvalue weighted by molar-refractivity contribution is -0.130. The van der Waals surface area contributed by atoms with Crippen molar-refractivity contribution in [3.05, 3.63) is 76.1 Å². The number of aliphatic imine (C=N–C) groups is 1. The number of carbonyl (C=O) groups excluding carboxylic acids is 3. The molecule has 0 unspecified atom stereocenters. The first-order valence-corrected chi connectivity index (χ1v) is 12.4. The minimum Gasteiger partial charge on any atom is -0.487 e. The number of rotatable bonds is 9. The fourth-order valence-electron chi connectivity index (χ4n) is 4.14. The Labute approximate surface area is 233 Å². The number of nitrogens with zero attached hydrogens (tertiary/aromatic N) is 4. The summed E-state index contributed by atoms with van der Waals surface area (Å²) in [6.07, 6.45) is 1.79. The van der Waals surface area contributed by atoms with Crippen molar-refractivity contribution in [2.24, 2.45) is 10.7 Å². The molecule has 4 rings (SSSR count). The highest BCUT2D eigenvalue weighted by molar-refractivity contribution is 6.31. The van der Waals surface area contributed by atoms with Crippen LogP contribution in [0.3, 0.4) is 0 Å². The summed E-state index contributed by atoms with van der Waals surface area (Å²) in [7, 11) is 1.39. The number of imide groups is 1. The van der Waals surface area contributed by atoms with Crippen LogP contribution in [0.15, 0.2) is 53.4 Å². The molecule has 0 spiro atoms. The van der Waals surface area contributed by atoms with Crippen molar-refractivity contribution in [2.45, 2.75) is 20.1 Å². The average molecular weight is 571 g/mol. The number of hydrogen-bond donors (Lipinski definition) is 2. The number of allylic oxidation sites excluding steroid dienone is 1. The highest BCUT2D eigenvalue weighted by Crippen LogP contribution is 2.33. The van der Waals surface area contributed by atoms with E-state index in [2.05, 4.69) is 15.3 Å². The first kappa shape index (κ1) is 28.4. The number of likely N-dealkylation sites (N-methyl/N-ethyl adjacent to an activating group) is 1. The molecular weight excluding hydrogens is 546 g/mol. The number of amides is 4. The zero-order chi connectivity index (χ0) is 29.0. The summed E-state index contributed by atoms with van der Waals surface area (Å²) in [4.78, 5) is 47.6. The maximum atomic E-state index is 14.3. The van der Waals surface area contributed by atoms with Crippen LogP contribution in [0, 0.1) is 12.7 Å². The fraction of sp³-hybridized carbons (Fsp3) is 0.222. The number of nitrogens with two attached hydrogens (primary N) is 1. The van der Waals surface area contributed by atoms with E-state index >= 15 is 0 Å². The summed E-state index contributed by atoms with van der Waals surface area (Å²) >= 11 is 6.38. The Bertz CT molecular complexity index is 1560. The zero-order valence-electron chi connectivity index (χ0n) is 21.6. The van der Waals surface area contributed by atoms with Gasteiger partial charge in [-0.15, -0.1) is 0 Å². The lowest BCUT2D eigenvalue weighted by Gasteiger charge is -2.20. The average Bonchev–Trinajstić information content (AvgIpc) is 3.18. The van der Waals surface area contributed by atoms with Crippen LogP contribution in [-0.2, 0) is 22.7 Å². The largest absolute Gasteiger partial charge is 0.487 e. The minimum atomic E-state index is -0.705. The topological polar surface area (TPSA) is 130 Å². The monoisotopic (exact) mass is 570 g/mol. The second-order valence-corrected chi connectivity index (χ2v) is 9.26. The molecular formula is C27H25ClF2N6O4. The van der Waals surface area contributed by atoms with Crippen molar-refractivity contribution in [1.29, 1.82) is 0 Å². The van der Waals surface area contributed by atoms with Crippen molar-refractivity contribution in [3.8, 4) is 5.75 Å². The van der Waals surface area contributed by atoms with Crippen LogP contribution in [0.5, 0.6) is 5.75 Å². The van der Waals surface area contributed by atoms with Gasteiger partial charge in [-0.05, 0) is 36.8 Å². The fourth-order valence-corrected chi connectivity index (χ4v) is 4.42. The predicted molar refractivity (Wildman–Crippen MR) is 145 cm³/mol. The van der Waals surface area contributed by atoms with Gasteiger partial charge >= 0.3 is 6.03 Å². The maximum Gasteiger partial charge on any atom is 0.328 e. The van der Waals surface area contributed by atoms with E-state index in [1.54, 1.807) is 31.2 Å². The minimum absolute atomic E-state index is 0.0638. The molecule has 2 aromatic carbocycles. The van der Waals surface area contributed by atoms with E-state index in [0.29, 0.717) is 39.2 Å². The van der Waals surface area contributed by atoms with Crippen molar-refractivity contribution >= 4 is 52.3 Å². The van der Waals surface area contributed by atoms with Gasteiger partial charge in [0.1, 0.15) is 36.8 Å². The van der Waals surface area contributed by atoms with E-state index in [4.69, 9.17) is 22.1 Å². The molecule has 1 saturated heterocycles. The van der Waals surface area contributed by atoms with E-state index in [0.717, 1.165) is 23.4 Å². The smallest absolute Gasteiger partial charge is 0.328 e. The van der Waals surface area contributed by atoms with Gasteiger partial charge in [-0.2, -0.15) is 0 Å². The number of para-hydroxylation sites is 1. The van der Waals surface area contributed by atoms with Gasteiger partial charge in [0.15, 0.2) is 5.83 Å². The van der Waals surface area contributed by atoms with E-state index in [-0.39, 0.29) is 24.7 Å². The summed E-state index contributed by atoms with van der Waals surface area (Å²) < 4.78 is 33.9. The van der Waals surface area contributed by atoms with E-state index in [9.17, 15) is 23.2 Å². The normalized spacial score (nSPS) is 14.1. The summed E-state index contributed by atoms with van der Waals surface area (Å²) in [6, 6.07) is 8.48. The molecule has 0 aliphatic carbocycles. The van der Waals surface area contributed by atoms with Gasteiger partial charge in [0, 0.05) is 36.4 Å². The molecule has 13 heteroatoms. The zero-order valence-corrected chi connectivity index (χ0v) is 22.3. The summed E-state index contributed by atoms with van der Waals surface area (Å²) in [5.41, 5.74) is 7.40. The first-order chi connectivity index (χ1) is 19.1. The Morgan fingerprint density at radius 3 is 2.80 bits per heavy atom. The van der Waals surface area contributed by atoms with Crippen molar-refractivity contribution in [1.82, 2.24) is 20.1 Å². The second-order valence-electron chi connectivity index (χ2n) is 8.85. The highest BCUT2D eigenvalue weighted by Gasteiger charge is 2.37. The number of urea groups is 1. The van der Waals surface area contributed by atoms with Crippen molar-refractivity contribution in [3.63, 3.8) is 0 Å². The molecule has 208 valence electrons. The van der Waals surface area contributed by atoms with Gasteiger partial charge in [-0.25, -0.2) is 18.6 Å². The van der Waals surface area contributed by atoms with Gasteiger partial charge in [0.2, 0.25) is 5.91 Å². The highest BCUT2D eigenvalue weighted by atomic mass is 35.5. The Morgan fingerprint density at radius 2 is 2.08 bits per heavy atom. The van der Waals surface area contributed by atoms with Crippen molar-refractivity contribution < 1.29 is 27.9 Å². The van der Waals surface area contributed by atoms with Crippen LogP contribution in [0.25, 0.3) is 10.9 Å². The number of carbonyl (C=O) groups is 3. The van der Waals surface area contributed by atoms with Crippen LogP contribution in [0.4, 0.5) is 19.3 Å². The molecule has 1 aromatic heterocycles. The predicted octanol–water partition coefficient (Wildman–Crippen LogP) is 3.90. The number of ether oxygens (including phenoxy) is 1. The molecule has 1 fully saturated rings. The Balaban J connectivity index is 1.62. The third-order valence-electron chi connectivity index (χ3n) is 6.09. The van der Waals surface area contributed by atoms with Gasteiger partial charge in [0.25, 0.3) is 5.91 Å². The second kappa shape index (κ2) is 12.1. The quantitative estimate of drug-likeness (QED) is 0.296. The molecule has 0 saturated carbocycles. The van der Waals surface area contributed by atoms with E-state index < -0.39 is 36.0 Å². The number of fused-ring (bicyclic) bond motifs is 1. The molecule has 40 heavy (non-hydrogen) atoms. The number of hydrogen-bond acceptors (Lipinski definition) is 7. The Kier molecular flexibility index (Phi) is 8.58. The molecule has 3 aromatic rings. The molecule has 2 heterocycles. The first-order valence-electron chi connectivity index (χ1n) is 12.0. The Hall–Kier alpha value is -4.58. The lowest BCUT2D eigenvalue weighted by atomic mass is 10.1. The van der Waals surface area contributed by atoms with Crippen molar-refractivity contribution in [2.75, 3.05) is 20.1 Å². The number of pyridine rings is 1. The molecule has 4 amide bonds. The number of aryl methyl sites for hydroxylation is 1. The molecule has 0 bridgehead atoms. The maximum absolute atomic E-state index is 14.3. The van der Waals surface area contributed by atoms with Crippen LogP contribution >= 0.6 is 11.6 Å². The van der Waals surface area contributed by atoms with Crippen LogP contribution in [0.2, 0.25) is 5.02 Å². The molecule has 3 N–H and O–H groups in total. The standard InChI is InChI=1S/C27H25ClF2N6O4/c1-15-6-22(33-10-18(30)9-31)19-4-3-5-23(26(19)34-15)40-14-20-16(7-17(29)8-21(20)28)11-35-13-25(38)36(27(35)39)12-24(37)32-2/h3-10H,11-14,31H2,1-2H3,(H,32,37)/b18-9+,33-10?. The van der Waals surface area contributed by atoms with Crippen LogP contribution < -0.4 is 15.8 Å². The number of aromatic nitrogens is 1. The molecule has 10 nitrogen and oxygen atoms in total. The third kappa shape index (κ3) is 6.18. The summed E-state index contributed by atoms with van der Waals surface area (Å²) in [5, 5.41) is 3.02. The number of benzene rings is 2. The van der Waals surface area contributed by atoms with Gasteiger partial charge < -0.3 is 20.7 Å². The molecule has 1 aliphatic heterocycles. The third-order valence-corrected chi connectivity index (χ3v) is 6.43. The summed E-state index contributed by atoms with van der Waals surface area (Å²) in [5.74, 6) is -2.02. The number of halogens is 3. The summed E-state index contributed by atoms with van der Waals surface area (Å²) in [6.45, 7) is 0.793. The SMILES string of the molecule is CNC(=O)CN1C(=O)CN(Cc2cc(F)cc(Cl)c2COc2cccc3c(N=C/C(F)=C\N)cc(C)nc23)C1=O. The van der Waals surface area contributed by atoms with Crippen LogP contribution in [0.1, 0.15) is 16.8 Å². The van der Waals surface area contributed by atoms with Gasteiger partial charge in [-0.3, -0.25) is 19.5 Å². The molecule has 0 radical (unpaired) electrons. The van der Waals surface area contributed by atoms with E-state index in [1.165, 1.54) is 18.0 Å². The number of nitrogens with one attached hydrogen (secondary N) is 1. The lowest BCUT2D eigenvalue weighted by Crippen LogP contribution is -2.40. The van der Waals surface area contributed by atoms with E-state index in [1.807, 2.05) is 0 Å².